The molecular formula is C20H29N5. The zero-order valence-electron chi connectivity index (χ0n) is 15.8. The molecule has 0 radical (unpaired) electrons. The van der Waals surface area contributed by atoms with Crippen LogP contribution >= 0.6 is 0 Å². The van der Waals surface area contributed by atoms with E-state index in [9.17, 15) is 0 Å². The molecule has 0 amide bonds. The van der Waals surface area contributed by atoms with Crippen molar-refractivity contribution in [2.75, 3.05) is 5.32 Å². The Morgan fingerprint density at radius 1 is 1.16 bits per heavy atom. The third-order valence-electron chi connectivity index (χ3n) is 4.73. The minimum absolute atomic E-state index is 0.636. The Labute approximate surface area is 150 Å². The van der Waals surface area contributed by atoms with Gasteiger partial charge in [-0.25, -0.2) is 9.97 Å². The predicted molar refractivity (Wildman–Crippen MR) is 102 cm³/mol. The fourth-order valence-corrected chi connectivity index (χ4v) is 3.49. The van der Waals surface area contributed by atoms with Crippen LogP contribution in [0.2, 0.25) is 0 Å². The number of anilines is 2. The molecule has 2 aromatic rings. The third-order valence-corrected chi connectivity index (χ3v) is 4.73. The van der Waals surface area contributed by atoms with E-state index in [2.05, 4.69) is 41.0 Å². The van der Waals surface area contributed by atoms with Crippen molar-refractivity contribution in [1.29, 1.82) is 0 Å². The lowest BCUT2D eigenvalue weighted by molar-refractivity contribution is 0.163. The van der Waals surface area contributed by atoms with Gasteiger partial charge in [-0.1, -0.05) is 27.2 Å². The van der Waals surface area contributed by atoms with E-state index in [0.29, 0.717) is 12.0 Å². The topological polar surface area (TPSA) is 53.9 Å². The van der Waals surface area contributed by atoms with Gasteiger partial charge in [0.1, 0.15) is 0 Å². The van der Waals surface area contributed by atoms with E-state index in [1.807, 2.05) is 31.5 Å². The molecule has 1 N–H and O–H groups in total. The third kappa shape index (κ3) is 4.54. The Morgan fingerprint density at radius 3 is 2.68 bits per heavy atom. The van der Waals surface area contributed by atoms with Gasteiger partial charge in [0, 0.05) is 36.6 Å². The lowest BCUT2D eigenvalue weighted by Crippen LogP contribution is -2.31. The Bertz CT molecular complexity index is 696. The van der Waals surface area contributed by atoms with E-state index in [4.69, 9.17) is 4.98 Å². The molecular weight excluding hydrogens is 310 g/mol. The van der Waals surface area contributed by atoms with E-state index in [1.165, 1.54) is 24.8 Å². The van der Waals surface area contributed by atoms with Gasteiger partial charge in [-0.3, -0.25) is 9.88 Å². The minimum atomic E-state index is 0.636. The number of hydrogen-bond acceptors (Lipinski definition) is 5. The zero-order valence-corrected chi connectivity index (χ0v) is 15.8. The molecule has 5 nitrogen and oxygen atoms in total. The summed E-state index contributed by atoms with van der Waals surface area (Å²) < 4.78 is 0. The van der Waals surface area contributed by atoms with Gasteiger partial charge in [0.2, 0.25) is 5.95 Å². The summed E-state index contributed by atoms with van der Waals surface area (Å²) in [6.07, 6.45) is 7.51. The van der Waals surface area contributed by atoms with Gasteiger partial charge in [-0.15, -0.1) is 0 Å². The smallest absolute Gasteiger partial charge is 0.227 e. The van der Waals surface area contributed by atoms with E-state index in [0.717, 1.165) is 36.1 Å². The molecule has 2 aromatic heterocycles. The maximum absolute atomic E-state index is 4.75. The van der Waals surface area contributed by atoms with Crippen LogP contribution < -0.4 is 5.32 Å². The quantitative estimate of drug-likeness (QED) is 0.807. The van der Waals surface area contributed by atoms with Crippen LogP contribution in [0.4, 0.5) is 11.6 Å². The summed E-state index contributed by atoms with van der Waals surface area (Å²) in [6.45, 7) is 10.8. The van der Waals surface area contributed by atoms with Crippen LogP contribution in [0.1, 0.15) is 57.0 Å². The number of aromatic nitrogens is 3. The second-order valence-corrected chi connectivity index (χ2v) is 7.46. The summed E-state index contributed by atoms with van der Waals surface area (Å²) in [6, 6.07) is 4.63. The van der Waals surface area contributed by atoms with Gasteiger partial charge in [0.05, 0.1) is 17.6 Å². The number of pyridine rings is 1. The molecule has 5 heteroatoms. The Balaban J connectivity index is 1.70. The molecule has 0 fully saturated rings. The summed E-state index contributed by atoms with van der Waals surface area (Å²) in [4.78, 5) is 16.1. The first-order valence-corrected chi connectivity index (χ1v) is 9.33. The van der Waals surface area contributed by atoms with E-state index >= 15 is 0 Å². The number of aryl methyl sites for hydroxylation is 1. The molecule has 0 aromatic carbocycles. The van der Waals surface area contributed by atoms with Crippen molar-refractivity contribution in [2.45, 2.75) is 66.1 Å². The highest BCUT2D eigenvalue weighted by molar-refractivity contribution is 5.52. The van der Waals surface area contributed by atoms with Crippen molar-refractivity contribution in [2.24, 2.45) is 5.92 Å². The number of rotatable bonds is 7. The van der Waals surface area contributed by atoms with Crippen LogP contribution in [0, 0.1) is 12.8 Å². The maximum atomic E-state index is 4.75. The van der Waals surface area contributed by atoms with Crippen molar-refractivity contribution in [1.82, 2.24) is 19.9 Å². The Kier molecular flexibility index (Phi) is 5.63. The van der Waals surface area contributed by atoms with Gasteiger partial charge in [-0.05, 0) is 37.8 Å². The lowest BCUT2D eigenvalue weighted by atomic mass is 9.99. The average Bonchev–Trinajstić information content (AvgIpc) is 2.99. The molecule has 3 rings (SSSR count). The first-order valence-electron chi connectivity index (χ1n) is 9.33. The molecule has 0 unspecified atom stereocenters. The molecule has 1 aliphatic rings. The predicted octanol–water partition coefficient (Wildman–Crippen LogP) is 4.45. The van der Waals surface area contributed by atoms with Crippen molar-refractivity contribution < 1.29 is 0 Å². The number of hydrogen-bond donors (Lipinski definition) is 1. The normalized spacial score (nSPS) is 15.4. The van der Waals surface area contributed by atoms with Crippen LogP contribution in [0.3, 0.4) is 0 Å². The summed E-state index contributed by atoms with van der Waals surface area (Å²) in [5, 5.41) is 3.26. The first kappa shape index (κ1) is 17.8. The SMILES string of the molecule is CCC[C@@H](CC(C)C)N1Cc2cnc(Nc3ccc(C)nc3)nc2C1. The minimum Gasteiger partial charge on any atom is -0.323 e. The monoisotopic (exact) mass is 339 g/mol. The van der Waals surface area contributed by atoms with Gasteiger partial charge in [0.15, 0.2) is 0 Å². The van der Waals surface area contributed by atoms with Gasteiger partial charge in [-0.2, -0.15) is 0 Å². The van der Waals surface area contributed by atoms with Gasteiger partial charge < -0.3 is 5.32 Å². The van der Waals surface area contributed by atoms with Crippen molar-refractivity contribution in [3.8, 4) is 0 Å². The largest absolute Gasteiger partial charge is 0.323 e. The number of fused-ring (bicyclic) bond motifs is 1. The highest BCUT2D eigenvalue weighted by Gasteiger charge is 2.27. The van der Waals surface area contributed by atoms with Gasteiger partial charge in [0.25, 0.3) is 0 Å². The molecule has 25 heavy (non-hydrogen) atoms. The number of nitrogens with one attached hydrogen (secondary N) is 1. The summed E-state index contributed by atoms with van der Waals surface area (Å²) in [5.41, 5.74) is 4.34. The van der Waals surface area contributed by atoms with Crippen molar-refractivity contribution >= 4 is 11.6 Å². The summed E-state index contributed by atoms with van der Waals surface area (Å²) in [5.74, 6) is 1.37. The fraction of sp³-hybridized carbons (Fsp3) is 0.550. The zero-order chi connectivity index (χ0) is 17.8. The van der Waals surface area contributed by atoms with Gasteiger partial charge >= 0.3 is 0 Å². The fourth-order valence-electron chi connectivity index (χ4n) is 3.49. The lowest BCUT2D eigenvalue weighted by Gasteiger charge is -2.28. The van der Waals surface area contributed by atoms with Crippen LogP contribution in [0.15, 0.2) is 24.5 Å². The molecule has 134 valence electrons. The molecule has 0 saturated carbocycles. The average molecular weight is 339 g/mol. The van der Waals surface area contributed by atoms with E-state index in [1.54, 1.807) is 0 Å². The first-order chi connectivity index (χ1) is 12.0. The standard InChI is InChI=1S/C20H29N5/c1-5-6-18(9-14(2)3)25-12-16-10-22-20(24-19(16)13-25)23-17-8-7-15(4)21-11-17/h7-8,10-11,14,18H,5-6,9,12-13H2,1-4H3,(H,22,23,24)/t18-/m0/s1. The molecule has 0 saturated heterocycles. The molecule has 1 aliphatic heterocycles. The Morgan fingerprint density at radius 2 is 2.00 bits per heavy atom. The second kappa shape index (κ2) is 7.91. The Hall–Kier alpha value is -2.01. The summed E-state index contributed by atoms with van der Waals surface area (Å²) in [7, 11) is 0. The highest BCUT2D eigenvalue weighted by Crippen LogP contribution is 2.28. The van der Waals surface area contributed by atoms with E-state index in [-0.39, 0.29) is 0 Å². The molecule has 0 spiro atoms. The van der Waals surface area contributed by atoms with Crippen molar-refractivity contribution in [3.63, 3.8) is 0 Å². The summed E-state index contributed by atoms with van der Waals surface area (Å²) >= 11 is 0. The van der Waals surface area contributed by atoms with Crippen LogP contribution in [-0.2, 0) is 13.1 Å². The second-order valence-electron chi connectivity index (χ2n) is 7.46. The molecule has 1 atom stereocenters. The van der Waals surface area contributed by atoms with Crippen LogP contribution in [0.5, 0.6) is 0 Å². The number of nitrogens with zero attached hydrogens (tertiary/aromatic N) is 4. The highest BCUT2D eigenvalue weighted by atomic mass is 15.2. The maximum Gasteiger partial charge on any atom is 0.227 e. The molecule has 0 aliphatic carbocycles. The van der Waals surface area contributed by atoms with Crippen LogP contribution in [-0.4, -0.2) is 25.9 Å². The van der Waals surface area contributed by atoms with E-state index < -0.39 is 0 Å². The van der Waals surface area contributed by atoms with Crippen LogP contribution in [0.25, 0.3) is 0 Å². The molecule has 3 heterocycles. The molecule has 0 bridgehead atoms. The van der Waals surface area contributed by atoms with Crippen molar-refractivity contribution in [3.05, 3.63) is 41.5 Å².